The van der Waals surface area contributed by atoms with Gasteiger partial charge in [0.15, 0.2) is 0 Å². The average molecular weight is 385 g/mol. The van der Waals surface area contributed by atoms with Crippen molar-refractivity contribution in [2.75, 3.05) is 10.6 Å². The molecule has 1 aliphatic heterocycles. The maximum Gasteiger partial charge on any atom is 0.249 e. The molecular formula is C19H14ClFN4O2. The summed E-state index contributed by atoms with van der Waals surface area (Å²) in [5.74, 6) is -0.627. The van der Waals surface area contributed by atoms with Crippen LogP contribution in [0.15, 0.2) is 54.6 Å². The van der Waals surface area contributed by atoms with Crippen molar-refractivity contribution < 1.29 is 14.0 Å². The Morgan fingerprint density at radius 1 is 1.22 bits per heavy atom. The fraction of sp³-hybridized carbons (Fsp3) is 0.105. The number of halogens is 2. The quantitative estimate of drug-likeness (QED) is 0.719. The zero-order valence-corrected chi connectivity index (χ0v) is 14.7. The summed E-state index contributed by atoms with van der Waals surface area (Å²) in [5, 5.41) is 10.3. The first-order valence-corrected chi connectivity index (χ1v) is 8.60. The lowest BCUT2D eigenvalue weighted by atomic mass is 10.1. The van der Waals surface area contributed by atoms with Crippen molar-refractivity contribution in [3.63, 3.8) is 0 Å². The third kappa shape index (κ3) is 3.41. The van der Waals surface area contributed by atoms with Gasteiger partial charge in [0.25, 0.3) is 0 Å². The Labute approximate surface area is 158 Å². The van der Waals surface area contributed by atoms with Crippen molar-refractivity contribution in [2.45, 2.75) is 12.5 Å². The fourth-order valence-corrected chi connectivity index (χ4v) is 3.11. The predicted octanol–water partition coefficient (Wildman–Crippen LogP) is 3.86. The van der Waals surface area contributed by atoms with Crippen molar-refractivity contribution in [1.29, 1.82) is 0 Å². The average Bonchev–Trinajstić information content (AvgIpc) is 3.07. The van der Waals surface area contributed by atoms with Gasteiger partial charge in [-0.25, -0.2) is 9.07 Å². The van der Waals surface area contributed by atoms with E-state index in [0.29, 0.717) is 27.8 Å². The largest absolute Gasteiger partial charge is 0.323 e. The van der Waals surface area contributed by atoms with E-state index in [2.05, 4.69) is 15.7 Å². The standard InChI is InChI=1S/C19H14ClFN4O2/c20-13-3-1-2-4-14(13)22-19(27)16-10-18(26)23-17-9-15(24-25(16)17)11-5-7-12(21)8-6-11/h1-9,16H,10H2,(H,22,27)(H,23,26)/t16-/m1/s1. The van der Waals surface area contributed by atoms with Crippen LogP contribution in [0.25, 0.3) is 11.3 Å². The summed E-state index contributed by atoms with van der Waals surface area (Å²) >= 11 is 6.09. The third-order valence-electron chi connectivity index (χ3n) is 4.25. The number of nitrogens with one attached hydrogen (secondary N) is 2. The van der Waals surface area contributed by atoms with Crippen LogP contribution in [0.5, 0.6) is 0 Å². The second-order valence-electron chi connectivity index (χ2n) is 6.10. The smallest absolute Gasteiger partial charge is 0.249 e. The molecule has 1 aromatic heterocycles. The molecule has 2 aromatic carbocycles. The van der Waals surface area contributed by atoms with Gasteiger partial charge in [-0.2, -0.15) is 5.10 Å². The Morgan fingerprint density at radius 2 is 1.96 bits per heavy atom. The molecule has 0 saturated heterocycles. The summed E-state index contributed by atoms with van der Waals surface area (Å²) in [6.45, 7) is 0. The number of amides is 2. The van der Waals surface area contributed by atoms with E-state index < -0.39 is 11.9 Å². The van der Waals surface area contributed by atoms with E-state index in [1.54, 1.807) is 42.5 Å². The Kier molecular flexibility index (Phi) is 4.37. The van der Waals surface area contributed by atoms with E-state index in [0.717, 1.165) is 0 Å². The molecule has 2 amide bonds. The van der Waals surface area contributed by atoms with Gasteiger partial charge in [0.1, 0.15) is 17.7 Å². The molecule has 2 N–H and O–H groups in total. The van der Waals surface area contributed by atoms with Crippen molar-refractivity contribution in [3.8, 4) is 11.3 Å². The number of fused-ring (bicyclic) bond motifs is 1. The van der Waals surface area contributed by atoms with Crippen LogP contribution in [0, 0.1) is 5.82 Å². The van der Waals surface area contributed by atoms with E-state index in [4.69, 9.17) is 11.6 Å². The Morgan fingerprint density at radius 3 is 2.70 bits per heavy atom. The van der Waals surface area contributed by atoms with E-state index in [9.17, 15) is 14.0 Å². The number of para-hydroxylation sites is 1. The predicted molar refractivity (Wildman–Crippen MR) is 100.0 cm³/mol. The van der Waals surface area contributed by atoms with E-state index >= 15 is 0 Å². The molecule has 0 bridgehead atoms. The molecule has 0 unspecified atom stereocenters. The Balaban J connectivity index is 1.66. The van der Waals surface area contributed by atoms with Gasteiger partial charge in [0, 0.05) is 11.6 Å². The van der Waals surface area contributed by atoms with Crippen LogP contribution >= 0.6 is 11.6 Å². The van der Waals surface area contributed by atoms with E-state index in [1.807, 2.05) is 0 Å². The van der Waals surface area contributed by atoms with E-state index in [1.165, 1.54) is 16.8 Å². The first-order valence-electron chi connectivity index (χ1n) is 8.22. The van der Waals surface area contributed by atoms with Gasteiger partial charge in [-0.15, -0.1) is 0 Å². The molecule has 4 rings (SSSR count). The number of aromatic nitrogens is 2. The van der Waals surface area contributed by atoms with Crippen molar-refractivity contribution in [3.05, 3.63) is 65.4 Å². The minimum absolute atomic E-state index is 0.0478. The SMILES string of the molecule is O=C1C[C@H](C(=O)Nc2ccccc2Cl)n2nc(-c3ccc(F)cc3)cc2N1. The number of hydrogen-bond acceptors (Lipinski definition) is 3. The first-order chi connectivity index (χ1) is 13.0. The van der Waals surface area contributed by atoms with Crippen molar-refractivity contribution in [1.82, 2.24) is 9.78 Å². The molecule has 0 saturated carbocycles. The molecule has 0 aliphatic carbocycles. The van der Waals surface area contributed by atoms with Gasteiger partial charge in [0.2, 0.25) is 11.8 Å². The molecule has 0 fully saturated rings. The van der Waals surface area contributed by atoms with Gasteiger partial charge >= 0.3 is 0 Å². The van der Waals surface area contributed by atoms with Gasteiger partial charge in [-0.05, 0) is 36.4 Å². The molecular weight excluding hydrogens is 371 g/mol. The number of nitrogens with zero attached hydrogens (tertiary/aromatic N) is 2. The molecule has 1 atom stereocenters. The highest BCUT2D eigenvalue weighted by molar-refractivity contribution is 6.33. The molecule has 0 spiro atoms. The number of carbonyl (C=O) groups is 2. The normalized spacial score (nSPS) is 15.8. The Bertz CT molecular complexity index is 1030. The Hall–Kier alpha value is -3.19. The maximum absolute atomic E-state index is 13.1. The fourth-order valence-electron chi connectivity index (χ4n) is 2.93. The van der Waals surface area contributed by atoms with Crippen LogP contribution in [0.3, 0.4) is 0 Å². The summed E-state index contributed by atoms with van der Waals surface area (Å²) in [6.07, 6.45) is -0.0478. The van der Waals surface area contributed by atoms with Crippen LogP contribution in [0.1, 0.15) is 12.5 Å². The molecule has 27 heavy (non-hydrogen) atoms. The summed E-state index contributed by atoms with van der Waals surface area (Å²) in [6, 6.07) is 13.5. The number of anilines is 2. The molecule has 8 heteroatoms. The highest BCUT2D eigenvalue weighted by Gasteiger charge is 2.32. The van der Waals surface area contributed by atoms with Crippen molar-refractivity contribution >= 4 is 34.9 Å². The zero-order chi connectivity index (χ0) is 19.0. The number of carbonyl (C=O) groups excluding carboxylic acids is 2. The monoisotopic (exact) mass is 384 g/mol. The van der Waals surface area contributed by atoms with Crippen LogP contribution in [0.2, 0.25) is 5.02 Å². The second-order valence-corrected chi connectivity index (χ2v) is 6.51. The molecule has 2 heterocycles. The van der Waals surface area contributed by atoms with Gasteiger partial charge in [-0.1, -0.05) is 23.7 Å². The first kappa shape index (κ1) is 17.2. The van der Waals surface area contributed by atoms with Crippen molar-refractivity contribution in [2.24, 2.45) is 0 Å². The van der Waals surface area contributed by atoms with Crippen LogP contribution in [-0.4, -0.2) is 21.6 Å². The molecule has 3 aromatic rings. The number of rotatable bonds is 3. The lowest BCUT2D eigenvalue weighted by Crippen LogP contribution is -2.35. The van der Waals surface area contributed by atoms with Gasteiger partial charge in [0.05, 0.1) is 22.8 Å². The van der Waals surface area contributed by atoms with Gasteiger partial charge < -0.3 is 10.6 Å². The summed E-state index contributed by atoms with van der Waals surface area (Å²) in [5.41, 5.74) is 1.67. The lowest BCUT2D eigenvalue weighted by Gasteiger charge is -2.23. The highest BCUT2D eigenvalue weighted by atomic mass is 35.5. The van der Waals surface area contributed by atoms with Gasteiger partial charge in [-0.3, -0.25) is 9.59 Å². The minimum atomic E-state index is -0.820. The minimum Gasteiger partial charge on any atom is -0.323 e. The van der Waals surface area contributed by atoms with Crippen LogP contribution in [-0.2, 0) is 9.59 Å². The highest BCUT2D eigenvalue weighted by Crippen LogP contribution is 2.31. The molecule has 1 aliphatic rings. The molecule has 0 radical (unpaired) electrons. The van der Waals surface area contributed by atoms with Crippen LogP contribution < -0.4 is 10.6 Å². The molecule has 136 valence electrons. The van der Waals surface area contributed by atoms with E-state index in [-0.39, 0.29) is 18.1 Å². The summed E-state index contributed by atoms with van der Waals surface area (Å²) in [7, 11) is 0. The van der Waals surface area contributed by atoms with Crippen LogP contribution in [0.4, 0.5) is 15.9 Å². The topological polar surface area (TPSA) is 76.0 Å². The zero-order valence-electron chi connectivity index (χ0n) is 13.9. The summed E-state index contributed by atoms with van der Waals surface area (Å²) < 4.78 is 14.6. The summed E-state index contributed by atoms with van der Waals surface area (Å²) in [4.78, 5) is 24.8. The lowest BCUT2D eigenvalue weighted by molar-refractivity contribution is -0.125. The maximum atomic E-state index is 13.1. The third-order valence-corrected chi connectivity index (χ3v) is 4.58. The second kappa shape index (κ2) is 6.85. The number of benzene rings is 2. The molecule has 6 nitrogen and oxygen atoms in total. The number of hydrogen-bond donors (Lipinski definition) is 2.